The molecule has 0 aliphatic carbocycles. The molecule has 5 heteroatoms. The van der Waals surface area contributed by atoms with E-state index in [1.54, 1.807) is 0 Å². The normalized spacial score (nSPS) is 17.4. The maximum Gasteiger partial charge on any atom is 0.226 e. The minimum Gasteiger partial charge on any atom is -0.367 e. The first kappa shape index (κ1) is 14.5. The van der Waals surface area contributed by atoms with E-state index in [0.717, 1.165) is 36.9 Å². The van der Waals surface area contributed by atoms with Crippen LogP contribution in [0.15, 0.2) is 24.3 Å². The predicted molar refractivity (Wildman–Crippen MR) is 80.1 cm³/mol. The van der Waals surface area contributed by atoms with E-state index in [1.165, 1.54) is 0 Å². The standard InChI is InChI=1S/C14H18Cl2N2O/c1-11(10-15)14(19)18-8-6-17(7-9-18)13-5-3-2-4-12(13)16/h2-5,11H,6-10H2,1H3. The molecule has 1 amide bonds. The molecule has 1 saturated heterocycles. The van der Waals surface area contributed by atoms with Crippen LogP contribution in [0.2, 0.25) is 5.02 Å². The quantitative estimate of drug-likeness (QED) is 0.802. The van der Waals surface area contributed by atoms with Crippen LogP contribution in [0.25, 0.3) is 0 Å². The molecular formula is C14H18Cl2N2O. The van der Waals surface area contributed by atoms with Crippen molar-refractivity contribution in [2.75, 3.05) is 37.0 Å². The van der Waals surface area contributed by atoms with E-state index in [-0.39, 0.29) is 11.8 Å². The minimum absolute atomic E-state index is 0.103. The van der Waals surface area contributed by atoms with Crippen molar-refractivity contribution >= 4 is 34.8 Å². The number of hydrogen-bond acceptors (Lipinski definition) is 2. The fourth-order valence-electron chi connectivity index (χ4n) is 2.25. The smallest absolute Gasteiger partial charge is 0.226 e. The third-order valence-corrected chi connectivity index (χ3v) is 4.22. The number of nitrogens with zero attached hydrogens (tertiary/aromatic N) is 2. The minimum atomic E-state index is -0.103. The van der Waals surface area contributed by atoms with Gasteiger partial charge in [0.2, 0.25) is 5.91 Å². The maximum atomic E-state index is 12.0. The molecule has 0 radical (unpaired) electrons. The number of piperazine rings is 1. The highest BCUT2D eigenvalue weighted by Gasteiger charge is 2.25. The van der Waals surface area contributed by atoms with E-state index < -0.39 is 0 Å². The lowest BCUT2D eigenvalue weighted by atomic mass is 10.1. The summed E-state index contributed by atoms with van der Waals surface area (Å²) >= 11 is 11.9. The number of carbonyl (C=O) groups excluding carboxylic acids is 1. The van der Waals surface area contributed by atoms with Gasteiger partial charge in [-0.25, -0.2) is 0 Å². The molecule has 19 heavy (non-hydrogen) atoms. The van der Waals surface area contributed by atoms with Crippen LogP contribution in [-0.2, 0) is 4.79 Å². The van der Waals surface area contributed by atoms with Crippen LogP contribution >= 0.6 is 23.2 Å². The molecule has 1 fully saturated rings. The summed E-state index contributed by atoms with van der Waals surface area (Å²) in [4.78, 5) is 16.1. The molecule has 3 nitrogen and oxygen atoms in total. The molecule has 1 atom stereocenters. The Balaban J connectivity index is 1.96. The third kappa shape index (κ3) is 3.34. The van der Waals surface area contributed by atoms with Crippen molar-refractivity contribution in [1.29, 1.82) is 0 Å². The summed E-state index contributed by atoms with van der Waals surface area (Å²) < 4.78 is 0. The molecular weight excluding hydrogens is 283 g/mol. The van der Waals surface area contributed by atoms with E-state index in [2.05, 4.69) is 4.90 Å². The van der Waals surface area contributed by atoms with Gasteiger partial charge in [0, 0.05) is 38.0 Å². The van der Waals surface area contributed by atoms with E-state index in [9.17, 15) is 4.79 Å². The van der Waals surface area contributed by atoms with Crippen LogP contribution in [0, 0.1) is 5.92 Å². The summed E-state index contributed by atoms with van der Waals surface area (Å²) in [6.07, 6.45) is 0. The van der Waals surface area contributed by atoms with E-state index >= 15 is 0 Å². The topological polar surface area (TPSA) is 23.6 Å². The maximum absolute atomic E-state index is 12.0. The number of carbonyl (C=O) groups is 1. The fourth-order valence-corrected chi connectivity index (χ4v) is 2.64. The molecule has 1 aliphatic rings. The van der Waals surface area contributed by atoms with Crippen LogP contribution < -0.4 is 4.90 Å². The Morgan fingerprint density at radius 3 is 2.47 bits per heavy atom. The zero-order chi connectivity index (χ0) is 13.8. The fraction of sp³-hybridized carbons (Fsp3) is 0.500. The predicted octanol–water partition coefficient (Wildman–Crippen LogP) is 2.86. The second-order valence-electron chi connectivity index (χ2n) is 4.82. The van der Waals surface area contributed by atoms with Crippen molar-refractivity contribution in [3.05, 3.63) is 29.3 Å². The molecule has 0 saturated carbocycles. The van der Waals surface area contributed by atoms with Crippen molar-refractivity contribution in [2.24, 2.45) is 5.92 Å². The molecule has 0 bridgehead atoms. The summed E-state index contributed by atoms with van der Waals surface area (Å²) in [5.41, 5.74) is 1.04. The second kappa shape index (κ2) is 6.49. The van der Waals surface area contributed by atoms with Gasteiger partial charge in [0.05, 0.1) is 10.7 Å². The Morgan fingerprint density at radius 1 is 1.26 bits per heavy atom. The average molecular weight is 301 g/mol. The Hall–Kier alpha value is -0.930. The zero-order valence-electron chi connectivity index (χ0n) is 11.0. The number of para-hydroxylation sites is 1. The zero-order valence-corrected chi connectivity index (χ0v) is 12.5. The third-order valence-electron chi connectivity index (χ3n) is 3.44. The molecule has 104 valence electrons. The average Bonchev–Trinajstić information content (AvgIpc) is 2.46. The number of hydrogen-bond donors (Lipinski definition) is 0. The summed E-state index contributed by atoms with van der Waals surface area (Å²) in [5.74, 6) is 0.422. The number of benzene rings is 1. The molecule has 1 unspecified atom stereocenters. The highest BCUT2D eigenvalue weighted by molar-refractivity contribution is 6.33. The van der Waals surface area contributed by atoms with Crippen LogP contribution in [-0.4, -0.2) is 42.9 Å². The molecule has 0 N–H and O–H groups in total. The lowest BCUT2D eigenvalue weighted by molar-refractivity contribution is -0.134. The Kier molecular flexibility index (Phi) is 4.94. The summed E-state index contributed by atoms with van der Waals surface area (Å²) in [7, 11) is 0. The first-order valence-corrected chi connectivity index (χ1v) is 7.39. The number of halogens is 2. The van der Waals surface area contributed by atoms with Gasteiger partial charge in [0.1, 0.15) is 0 Å². The summed E-state index contributed by atoms with van der Waals surface area (Å²) in [5, 5.41) is 0.761. The van der Waals surface area contributed by atoms with E-state index in [4.69, 9.17) is 23.2 Å². The highest BCUT2D eigenvalue weighted by Crippen LogP contribution is 2.26. The lowest BCUT2D eigenvalue weighted by Crippen LogP contribution is -2.50. The summed E-state index contributed by atoms with van der Waals surface area (Å²) in [6, 6.07) is 7.81. The van der Waals surface area contributed by atoms with Crippen LogP contribution in [0.1, 0.15) is 6.92 Å². The Labute approximate surface area is 124 Å². The largest absolute Gasteiger partial charge is 0.367 e. The van der Waals surface area contributed by atoms with Crippen molar-refractivity contribution in [3.8, 4) is 0 Å². The van der Waals surface area contributed by atoms with Crippen molar-refractivity contribution < 1.29 is 4.79 Å². The van der Waals surface area contributed by atoms with Gasteiger partial charge in [-0.15, -0.1) is 11.6 Å². The number of rotatable bonds is 3. The number of anilines is 1. The van der Waals surface area contributed by atoms with Crippen molar-refractivity contribution in [3.63, 3.8) is 0 Å². The van der Waals surface area contributed by atoms with Gasteiger partial charge in [0.25, 0.3) is 0 Å². The molecule has 1 aromatic rings. The highest BCUT2D eigenvalue weighted by atomic mass is 35.5. The second-order valence-corrected chi connectivity index (χ2v) is 5.53. The first-order chi connectivity index (χ1) is 9.13. The number of amides is 1. The molecule has 1 heterocycles. The first-order valence-electron chi connectivity index (χ1n) is 6.47. The van der Waals surface area contributed by atoms with Gasteiger partial charge >= 0.3 is 0 Å². The van der Waals surface area contributed by atoms with Crippen LogP contribution in [0.3, 0.4) is 0 Å². The van der Waals surface area contributed by atoms with E-state index in [0.29, 0.717) is 5.88 Å². The van der Waals surface area contributed by atoms with Gasteiger partial charge in [-0.05, 0) is 12.1 Å². The van der Waals surface area contributed by atoms with Gasteiger partial charge < -0.3 is 9.80 Å². The van der Waals surface area contributed by atoms with Crippen molar-refractivity contribution in [2.45, 2.75) is 6.92 Å². The molecule has 0 aromatic heterocycles. The summed E-state index contributed by atoms with van der Waals surface area (Å²) in [6.45, 7) is 4.95. The Morgan fingerprint density at radius 2 is 1.89 bits per heavy atom. The monoisotopic (exact) mass is 300 g/mol. The molecule has 1 aliphatic heterocycles. The van der Waals surface area contributed by atoms with Crippen LogP contribution in [0.5, 0.6) is 0 Å². The number of alkyl halides is 1. The van der Waals surface area contributed by atoms with E-state index in [1.807, 2.05) is 36.1 Å². The SMILES string of the molecule is CC(CCl)C(=O)N1CCN(c2ccccc2Cl)CC1. The van der Waals surface area contributed by atoms with Crippen molar-refractivity contribution in [1.82, 2.24) is 4.90 Å². The lowest BCUT2D eigenvalue weighted by Gasteiger charge is -2.37. The molecule has 0 spiro atoms. The van der Waals surface area contributed by atoms with Gasteiger partial charge in [-0.2, -0.15) is 0 Å². The molecule has 2 rings (SSSR count). The van der Waals surface area contributed by atoms with Gasteiger partial charge in [-0.3, -0.25) is 4.79 Å². The van der Waals surface area contributed by atoms with Gasteiger partial charge in [0.15, 0.2) is 0 Å². The van der Waals surface area contributed by atoms with Gasteiger partial charge in [-0.1, -0.05) is 30.7 Å². The van der Waals surface area contributed by atoms with Crippen LogP contribution in [0.4, 0.5) is 5.69 Å². The Bertz CT molecular complexity index is 445. The molecule has 1 aromatic carbocycles.